The molecule has 0 radical (unpaired) electrons. The summed E-state index contributed by atoms with van der Waals surface area (Å²) in [5, 5.41) is 1.95. The standard InChI is InChI=1S/C16H8Br2Cl2N2S2/c17-9-1-5-11(6-2-9)23-14-13(19)15(22-16(20)21-14)24-12-7-3-10(18)4-8-12/h1-8H. The van der Waals surface area contributed by atoms with Crippen molar-refractivity contribution in [2.24, 2.45) is 0 Å². The molecule has 0 aliphatic rings. The Morgan fingerprint density at radius 1 is 0.667 bits per heavy atom. The van der Waals surface area contributed by atoms with E-state index in [4.69, 9.17) is 23.2 Å². The third-order valence-electron chi connectivity index (χ3n) is 2.82. The molecule has 3 aromatic rings. The second kappa shape index (κ2) is 8.43. The van der Waals surface area contributed by atoms with Crippen molar-refractivity contribution in [3.8, 4) is 0 Å². The minimum atomic E-state index is 0.179. The lowest BCUT2D eigenvalue weighted by Crippen LogP contribution is -1.92. The van der Waals surface area contributed by atoms with Crippen molar-refractivity contribution in [1.82, 2.24) is 9.97 Å². The molecule has 2 nitrogen and oxygen atoms in total. The molecule has 0 fully saturated rings. The molecule has 0 spiro atoms. The first-order chi connectivity index (χ1) is 11.5. The molecule has 24 heavy (non-hydrogen) atoms. The Labute approximate surface area is 175 Å². The van der Waals surface area contributed by atoms with Crippen molar-refractivity contribution in [1.29, 1.82) is 0 Å². The third kappa shape index (κ3) is 4.90. The van der Waals surface area contributed by atoms with E-state index in [1.807, 2.05) is 48.5 Å². The number of halogens is 4. The molecule has 0 aliphatic carbocycles. The Hall–Kier alpha value is -0.240. The Balaban J connectivity index is 1.89. The fourth-order valence-corrected chi connectivity index (χ4v) is 4.55. The predicted molar refractivity (Wildman–Crippen MR) is 109 cm³/mol. The van der Waals surface area contributed by atoms with Crippen molar-refractivity contribution in [3.63, 3.8) is 0 Å². The topological polar surface area (TPSA) is 25.8 Å². The highest BCUT2D eigenvalue weighted by molar-refractivity contribution is 9.10. The SMILES string of the molecule is Clc1nc(Sc2ccc(Br)cc2)c(Cl)c(Sc2ccc(Br)cc2)n1. The number of benzene rings is 2. The molecular formula is C16H8Br2Cl2N2S2. The summed E-state index contributed by atoms with van der Waals surface area (Å²) in [6.45, 7) is 0. The lowest BCUT2D eigenvalue weighted by Gasteiger charge is -2.08. The van der Waals surface area contributed by atoms with Gasteiger partial charge in [0.1, 0.15) is 15.1 Å². The van der Waals surface area contributed by atoms with Crippen LogP contribution in [0.3, 0.4) is 0 Å². The molecule has 8 heteroatoms. The van der Waals surface area contributed by atoms with Gasteiger partial charge in [-0.1, -0.05) is 67.0 Å². The van der Waals surface area contributed by atoms with Gasteiger partial charge in [0.2, 0.25) is 5.28 Å². The van der Waals surface area contributed by atoms with E-state index in [-0.39, 0.29) is 5.28 Å². The van der Waals surface area contributed by atoms with E-state index >= 15 is 0 Å². The molecule has 3 rings (SSSR count). The Bertz CT molecular complexity index is 790. The summed E-state index contributed by atoms with van der Waals surface area (Å²) >= 11 is 22.3. The van der Waals surface area contributed by atoms with Crippen molar-refractivity contribution >= 4 is 78.6 Å². The fraction of sp³-hybridized carbons (Fsp3) is 0. The number of hydrogen-bond acceptors (Lipinski definition) is 4. The molecule has 0 unspecified atom stereocenters. The minimum Gasteiger partial charge on any atom is -0.209 e. The summed E-state index contributed by atoms with van der Waals surface area (Å²) in [6, 6.07) is 15.8. The van der Waals surface area contributed by atoms with E-state index in [2.05, 4.69) is 41.8 Å². The highest BCUT2D eigenvalue weighted by atomic mass is 79.9. The average Bonchev–Trinajstić information content (AvgIpc) is 2.56. The molecule has 0 saturated heterocycles. The Kier molecular flexibility index (Phi) is 6.51. The summed E-state index contributed by atoms with van der Waals surface area (Å²) in [4.78, 5) is 10.6. The molecule has 1 aromatic heterocycles. The van der Waals surface area contributed by atoms with Crippen LogP contribution in [0, 0.1) is 0 Å². The van der Waals surface area contributed by atoms with Gasteiger partial charge in [0.25, 0.3) is 0 Å². The summed E-state index contributed by atoms with van der Waals surface area (Å²) in [7, 11) is 0. The Morgan fingerprint density at radius 3 is 1.42 bits per heavy atom. The number of aromatic nitrogens is 2. The fourth-order valence-electron chi connectivity index (χ4n) is 1.75. The Morgan fingerprint density at radius 2 is 1.04 bits per heavy atom. The van der Waals surface area contributed by atoms with Crippen LogP contribution in [0.5, 0.6) is 0 Å². The van der Waals surface area contributed by atoms with Crippen LogP contribution in [0.15, 0.2) is 77.3 Å². The molecular weight excluding hydrogens is 515 g/mol. The van der Waals surface area contributed by atoms with Crippen LogP contribution in [0.2, 0.25) is 10.3 Å². The molecule has 0 N–H and O–H groups in total. The number of rotatable bonds is 4. The molecule has 2 aromatic carbocycles. The zero-order chi connectivity index (χ0) is 17.1. The van der Waals surface area contributed by atoms with E-state index < -0.39 is 0 Å². The maximum Gasteiger partial charge on any atom is 0.224 e. The van der Waals surface area contributed by atoms with Gasteiger partial charge in [-0.2, -0.15) is 0 Å². The van der Waals surface area contributed by atoms with Gasteiger partial charge in [0.15, 0.2) is 0 Å². The summed E-state index contributed by atoms with van der Waals surface area (Å²) in [6.07, 6.45) is 0. The third-order valence-corrected chi connectivity index (χ3v) is 6.62. The van der Waals surface area contributed by atoms with E-state index in [0.29, 0.717) is 15.1 Å². The average molecular weight is 523 g/mol. The normalized spacial score (nSPS) is 10.8. The van der Waals surface area contributed by atoms with Gasteiger partial charge >= 0.3 is 0 Å². The lowest BCUT2D eigenvalue weighted by molar-refractivity contribution is 0.964. The van der Waals surface area contributed by atoms with Crippen LogP contribution < -0.4 is 0 Å². The zero-order valence-corrected chi connectivity index (χ0v) is 18.2. The smallest absolute Gasteiger partial charge is 0.209 e. The lowest BCUT2D eigenvalue weighted by atomic mass is 10.4. The van der Waals surface area contributed by atoms with E-state index in [1.165, 1.54) is 23.5 Å². The largest absolute Gasteiger partial charge is 0.224 e. The van der Waals surface area contributed by atoms with E-state index in [9.17, 15) is 0 Å². The molecule has 0 aliphatic heterocycles. The molecule has 122 valence electrons. The van der Waals surface area contributed by atoms with Gasteiger partial charge in [-0.15, -0.1) is 0 Å². The number of hydrogen-bond donors (Lipinski definition) is 0. The maximum atomic E-state index is 6.50. The van der Waals surface area contributed by atoms with Gasteiger partial charge in [0.05, 0.1) is 0 Å². The van der Waals surface area contributed by atoms with Crippen LogP contribution in [0.25, 0.3) is 0 Å². The highest BCUT2D eigenvalue weighted by Crippen LogP contribution is 2.40. The first kappa shape index (κ1) is 18.5. The van der Waals surface area contributed by atoms with Crippen LogP contribution >= 0.6 is 78.6 Å². The predicted octanol–water partition coefficient (Wildman–Crippen LogP) is 7.61. The first-order valence-electron chi connectivity index (χ1n) is 6.61. The second-order valence-electron chi connectivity index (χ2n) is 4.53. The minimum absolute atomic E-state index is 0.179. The molecule has 0 atom stereocenters. The second-order valence-corrected chi connectivity index (χ2v) is 9.20. The van der Waals surface area contributed by atoms with Gasteiger partial charge < -0.3 is 0 Å². The monoisotopic (exact) mass is 520 g/mol. The van der Waals surface area contributed by atoms with Crippen molar-refractivity contribution in [3.05, 3.63) is 67.8 Å². The van der Waals surface area contributed by atoms with Gasteiger partial charge in [0, 0.05) is 18.7 Å². The first-order valence-corrected chi connectivity index (χ1v) is 10.6. The number of nitrogens with zero attached hydrogens (tertiary/aromatic N) is 2. The van der Waals surface area contributed by atoms with E-state index in [0.717, 1.165) is 18.7 Å². The van der Waals surface area contributed by atoms with Crippen LogP contribution in [0.4, 0.5) is 0 Å². The van der Waals surface area contributed by atoms with E-state index in [1.54, 1.807) is 0 Å². The summed E-state index contributed by atoms with van der Waals surface area (Å²) in [5.41, 5.74) is 0. The molecule has 0 saturated carbocycles. The van der Waals surface area contributed by atoms with Crippen LogP contribution in [-0.4, -0.2) is 9.97 Å². The molecule has 0 bridgehead atoms. The van der Waals surface area contributed by atoms with Gasteiger partial charge in [-0.25, -0.2) is 9.97 Å². The van der Waals surface area contributed by atoms with Crippen LogP contribution in [-0.2, 0) is 0 Å². The van der Waals surface area contributed by atoms with Crippen molar-refractivity contribution in [2.45, 2.75) is 19.8 Å². The summed E-state index contributed by atoms with van der Waals surface area (Å²) < 4.78 is 2.04. The molecule has 0 amide bonds. The van der Waals surface area contributed by atoms with Crippen molar-refractivity contribution in [2.75, 3.05) is 0 Å². The highest BCUT2D eigenvalue weighted by Gasteiger charge is 2.14. The summed E-state index contributed by atoms with van der Waals surface area (Å²) in [5.74, 6) is 0. The quantitative estimate of drug-likeness (QED) is 0.260. The molecule has 1 heterocycles. The zero-order valence-electron chi connectivity index (χ0n) is 11.8. The van der Waals surface area contributed by atoms with Crippen LogP contribution in [0.1, 0.15) is 0 Å². The van der Waals surface area contributed by atoms with Crippen molar-refractivity contribution < 1.29 is 0 Å². The van der Waals surface area contributed by atoms with Gasteiger partial charge in [-0.05, 0) is 60.1 Å². The maximum absolute atomic E-state index is 6.50. The van der Waals surface area contributed by atoms with Gasteiger partial charge in [-0.3, -0.25) is 0 Å².